The van der Waals surface area contributed by atoms with Crippen molar-refractivity contribution in [3.63, 3.8) is 0 Å². The van der Waals surface area contributed by atoms with Gasteiger partial charge in [0, 0.05) is 17.8 Å². The van der Waals surface area contributed by atoms with Gasteiger partial charge in [0.2, 0.25) is 11.8 Å². The molecule has 0 aliphatic heterocycles. The highest BCUT2D eigenvalue weighted by molar-refractivity contribution is 5.52. The van der Waals surface area contributed by atoms with Crippen LogP contribution in [0, 0.1) is 0 Å². The van der Waals surface area contributed by atoms with E-state index in [-0.39, 0.29) is 6.04 Å². The highest BCUT2D eigenvalue weighted by Crippen LogP contribution is 2.20. The summed E-state index contributed by atoms with van der Waals surface area (Å²) in [4.78, 5) is 12.7. The normalized spacial score (nSPS) is 11.9. The van der Waals surface area contributed by atoms with Gasteiger partial charge in [-0.1, -0.05) is 23.4 Å². The summed E-state index contributed by atoms with van der Waals surface area (Å²) in [6, 6.07) is 11.1. The minimum Gasteiger partial charge on any atom is -0.481 e. The van der Waals surface area contributed by atoms with Crippen LogP contribution in [0.5, 0.6) is 5.88 Å². The molecule has 1 aromatic carbocycles. The third kappa shape index (κ3) is 3.03. The molecule has 0 aliphatic carbocycles. The van der Waals surface area contributed by atoms with Gasteiger partial charge in [-0.2, -0.15) is 9.97 Å². The molecule has 0 spiro atoms. The van der Waals surface area contributed by atoms with E-state index in [1.165, 1.54) is 0 Å². The van der Waals surface area contributed by atoms with E-state index in [2.05, 4.69) is 25.4 Å². The van der Waals surface area contributed by atoms with Crippen LogP contribution in [0.1, 0.15) is 18.8 Å². The van der Waals surface area contributed by atoms with E-state index in [0.717, 1.165) is 5.56 Å². The molecule has 2 heterocycles. The predicted octanol–water partition coefficient (Wildman–Crippen LogP) is 2.71. The molecule has 22 heavy (non-hydrogen) atoms. The maximum atomic E-state index is 5.29. The van der Waals surface area contributed by atoms with Crippen LogP contribution in [0.3, 0.4) is 0 Å². The van der Waals surface area contributed by atoms with Crippen molar-refractivity contribution in [1.29, 1.82) is 0 Å². The highest BCUT2D eigenvalue weighted by Gasteiger charge is 2.15. The van der Waals surface area contributed by atoms with Crippen LogP contribution < -0.4 is 10.1 Å². The van der Waals surface area contributed by atoms with Gasteiger partial charge in [0.25, 0.3) is 5.89 Å². The van der Waals surface area contributed by atoms with E-state index in [9.17, 15) is 0 Å². The number of hydrogen-bond acceptors (Lipinski definition) is 7. The zero-order chi connectivity index (χ0) is 15.4. The van der Waals surface area contributed by atoms with Gasteiger partial charge in [0.05, 0.1) is 13.2 Å². The highest BCUT2D eigenvalue weighted by atomic mass is 16.5. The van der Waals surface area contributed by atoms with Crippen LogP contribution in [0.15, 0.2) is 47.1 Å². The number of aromatic nitrogens is 4. The molecule has 3 rings (SSSR count). The molecule has 1 N–H and O–H groups in total. The number of rotatable bonds is 5. The second-order valence-electron chi connectivity index (χ2n) is 4.61. The lowest BCUT2D eigenvalue weighted by atomic mass is 10.2. The number of anilines is 1. The van der Waals surface area contributed by atoms with Gasteiger partial charge in [-0.25, -0.2) is 4.98 Å². The fourth-order valence-electron chi connectivity index (χ4n) is 1.89. The van der Waals surface area contributed by atoms with Gasteiger partial charge in [-0.15, -0.1) is 0 Å². The minimum atomic E-state index is -0.201. The summed E-state index contributed by atoms with van der Waals surface area (Å²) in [6.45, 7) is 1.91. The molecular formula is C15H15N5O2. The van der Waals surface area contributed by atoms with Crippen LogP contribution in [-0.2, 0) is 0 Å². The molecule has 112 valence electrons. The van der Waals surface area contributed by atoms with Gasteiger partial charge in [0.15, 0.2) is 5.82 Å². The van der Waals surface area contributed by atoms with Crippen LogP contribution in [0.25, 0.3) is 11.5 Å². The largest absolute Gasteiger partial charge is 0.481 e. The maximum absolute atomic E-state index is 5.29. The van der Waals surface area contributed by atoms with E-state index < -0.39 is 0 Å². The number of nitrogens with zero attached hydrogens (tertiary/aromatic N) is 4. The quantitative estimate of drug-likeness (QED) is 0.774. The summed E-state index contributed by atoms with van der Waals surface area (Å²) in [7, 11) is 1.56. The Morgan fingerprint density at radius 2 is 1.95 bits per heavy atom. The number of hydrogen-bond donors (Lipinski definition) is 1. The molecule has 0 saturated heterocycles. The van der Waals surface area contributed by atoms with E-state index in [1.54, 1.807) is 19.4 Å². The lowest BCUT2D eigenvalue weighted by molar-refractivity contribution is 0.397. The van der Waals surface area contributed by atoms with Crippen molar-refractivity contribution < 1.29 is 9.26 Å². The summed E-state index contributed by atoms with van der Waals surface area (Å²) in [5, 5.41) is 7.11. The van der Waals surface area contributed by atoms with Crippen molar-refractivity contribution in [2.75, 3.05) is 12.4 Å². The van der Waals surface area contributed by atoms with Crippen LogP contribution in [-0.4, -0.2) is 27.2 Å². The second kappa shape index (κ2) is 6.21. The molecule has 7 heteroatoms. The lowest BCUT2D eigenvalue weighted by Gasteiger charge is -2.09. The average Bonchev–Trinajstić information content (AvgIpc) is 3.06. The summed E-state index contributed by atoms with van der Waals surface area (Å²) >= 11 is 0. The number of benzene rings is 1. The average molecular weight is 297 g/mol. The molecule has 1 unspecified atom stereocenters. The Morgan fingerprint density at radius 1 is 1.14 bits per heavy atom. The fraction of sp³-hybridized carbons (Fsp3) is 0.200. The SMILES string of the molecule is COc1ccnc(NC(C)c2noc(-c3ccccc3)n2)n1. The minimum absolute atomic E-state index is 0.201. The smallest absolute Gasteiger partial charge is 0.257 e. The Morgan fingerprint density at radius 3 is 2.73 bits per heavy atom. The Bertz CT molecular complexity index is 744. The first-order valence-corrected chi connectivity index (χ1v) is 6.79. The molecule has 2 aromatic heterocycles. The second-order valence-corrected chi connectivity index (χ2v) is 4.61. The van der Waals surface area contributed by atoms with E-state index in [0.29, 0.717) is 23.5 Å². The molecular weight excluding hydrogens is 282 g/mol. The summed E-state index contributed by atoms with van der Waals surface area (Å²) in [6.07, 6.45) is 1.62. The Kier molecular flexibility index (Phi) is 3.95. The van der Waals surface area contributed by atoms with Gasteiger partial charge in [-0.05, 0) is 19.1 Å². The fourth-order valence-corrected chi connectivity index (χ4v) is 1.89. The van der Waals surface area contributed by atoms with Crippen molar-refractivity contribution in [2.24, 2.45) is 0 Å². The molecule has 0 saturated carbocycles. The van der Waals surface area contributed by atoms with Gasteiger partial charge < -0.3 is 14.6 Å². The number of ether oxygens (including phenoxy) is 1. The molecule has 0 aliphatic rings. The molecule has 1 atom stereocenters. The third-order valence-corrected chi connectivity index (χ3v) is 3.03. The summed E-state index contributed by atoms with van der Waals surface area (Å²) in [5.74, 6) is 1.95. The first-order chi connectivity index (χ1) is 10.8. The summed E-state index contributed by atoms with van der Waals surface area (Å²) < 4.78 is 10.4. The zero-order valence-electron chi connectivity index (χ0n) is 12.2. The summed E-state index contributed by atoms with van der Waals surface area (Å²) in [5.41, 5.74) is 0.881. The Labute approximate surface area is 127 Å². The van der Waals surface area contributed by atoms with E-state index in [4.69, 9.17) is 9.26 Å². The van der Waals surface area contributed by atoms with Crippen molar-refractivity contribution in [2.45, 2.75) is 13.0 Å². The topological polar surface area (TPSA) is 86.0 Å². The van der Waals surface area contributed by atoms with Crippen LogP contribution in [0.2, 0.25) is 0 Å². The van der Waals surface area contributed by atoms with Gasteiger partial charge in [0.1, 0.15) is 0 Å². The zero-order valence-corrected chi connectivity index (χ0v) is 12.2. The monoisotopic (exact) mass is 297 g/mol. The van der Waals surface area contributed by atoms with Crippen molar-refractivity contribution in [3.05, 3.63) is 48.4 Å². The molecule has 0 amide bonds. The first kappa shape index (κ1) is 14.0. The Hall–Kier alpha value is -2.96. The standard InChI is InChI=1S/C15H15N5O2/c1-10(17-15-16-9-8-12(18-15)21-2)13-19-14(22-20-13)11-6-4-3-5-7-11/h3-10H,1-2H3,(H,16,17,18). The van der Waals surface area contributed by atoms with Gasteiger partial charge in [-0.3, -0.25) is 0 Å². The third-order valence-electron chi connectivity index (χ3n) is 3.03. The van der Waals surface area contributed by atoms with Crippen molar-refractivity contribution in [3.8, 4) is 17.3 Å². The molecule has 3 aromatic rings. The van der Waals surface area contributed by atoms with E-state index in [1.807, 2.05) is 37.3 Å². The van der Waals surface area contributed by atoms with Crippen LogP contribution in [0.4, 0.5) is 5.95 Å². The number of methoxy groups -OCH3 is 1. The molecule has 7 nitrogen and oxygen atoms in total. The van der Waals surface area contributed by atoms with E-state index >= 15 is 0 Å². The molecule has 0 fully saturated rings. The maximum Gasteiger partial charge on any atom is 0.257 e. The molecule has 0 bridgehead atoms. The van der Waals surface area contributed by atoms with Crippen molar-refractivity contribution in [1.82, 2.24) is 20.1 Å². The van der Waals surface area contributed by atoms with Crippen molar-refractivity contribution >= 4 is 5.95 Å². The molecule has 0 radical (unpaired) electrons. The predicted molar refractivity (Wildman–Crippen MR) is 80.4 cm³/mol. The lowest BCUT2D eigenvalue weighted by Crippen LogP contribution is -2.11. The first-order valence-electron chi connectivity index (χ1n) is 6.79. The van der Waals surface area contributed by atoms with Crippen LogP contribution >= 0.6 is 0 Å². The Balaban J connectivity index is 1.75. The van der Waals surface area contributed by atoms with Gasteiger partial charge >= 0.3 is 0 Å². The number of nitrogens with one attached hydrogen (secondary N) is 1.